The fourth-order valence-corrected chi connectivity index (χ4v) is 3.32. The van der Waals surface area contributed by atoms with Crippen LogP contribution in [-0.4, -0.2) is 17.5 Å². The monoisotopic (exact) mass is 186 g/mol. The third kappa shape index (κ3) is 2.15. The maximum absolute atomic E-state index is 5.57. The van der Waals surface area contributed by atoms with Gasteiger partial charge in [-0.1, -0.05) is 12.8 Å². The molecule has 0 radical (unpaired) electrons. The summed E-state index contributed by atoms with van der Waals surface area (Å²) in [6.07, 6.45) is 5.57. The van der Waals surface area contributed by atoms with E-state index in [1.165, 1.54) is 37.2 Å². The zero-order valence-corrected chi connectivity index (χ0v) is 8.28. The summed E-state index contributed by atoms with van der Waals surface area (Å²) in [5, 5.41) is 0. The maximum Gasteiger partial charge on any atom is 0.0249 e. The Hall–Kier alpha value is 0.270. The zero-order valence-electron chi connectivity index (χ0n) is 7.46. The molecule has 2 nitrogen and oxygen atoms in total. The summed E-state index contributed by atoms with van der Waals surface area (Å²) in [5.41, 5.74) is 3.00. The summed E-state index contributed by atoms with van der Waals surface area (Å²) in [6.45, 7) is 0. The van der Waals surface area contributed by atoms with Crippen molar-refractivity contribution in [3.8, 4) is 0 Å². The van der Waals surface area contributed by atoms with Gasteiger partial charge < -0.3 is 0 Å². The van der Waals surface area contributed by atoms with Crippen molar-refractivity contribution in [1.82, 2.24) is 5.43 Å². The first-order valence-corrected chi connectivity index (χ1v) is 6.09. The van der Waals surface area contributed by atoms with Crippen LogP contribution in [0, 0.1) is 11.8 Å². The van der Waals surface area contributed by atoms with Crippen LogP contribution < -0.4 is 11.3 Å². The summed E-state index contributed by atoms with van der Waals surface area (Å²) in [5.74, 6) is 10.1. The Balaban J connectivity index is 1.78. The van der Waals surface area contributed by atoms with Crippen molar-refractivity contribution in [2.75, 3.05) is 11.5 Å². The molecular formula is C9H18N2S. The number of nitrogens with one attached hydrogen (secondary N) is 1. The van der Waals surface area contributed by atoms with Crippen molar-refractivity contribution in [2.45, 2.75) is 31.7 Å². The van der Waals surface area contributed by atoms with Gasteiger partial charge in [0.1, 0.15) is 0 Å². The van der Waals surface area contributed by atoms with Crippen LogP contribution in [-0.2, 0) is 0 Å². The lowest BCUT2D eigenvalue weighted by Gasteiger charge is -2.21. The first-order valence-electron chi connectivity index (χ1n) is 4.94. The van der Waals surface area contributed by atoms with Gasteiger partial charge in [0.15, 0.2) is 0 Å². The van der Waals surface area contributed by atoms with Gasteiger partial charge in [0.05, 0.1) is 0 Å². The van der Waals surface area contributed by atoms with E-state index in [-0.39, 0.29) is 0 Å². The lowest BCUT2D eigenvalue weighted by atomic mass is 9.95. The average molecular weight is 186 g/mol. The molecule has 1 aliphatic heterocycles. The summed E-state index contributed by atoms with van der Waals surface area (Å²) < 4.78 is 0. The van der Waals surface area contributed by atoms with Gasteiger partial charge in [-0.05, 0) is 36.2 Å². The number of hydrazine groups is 1. The number of hydrogen-bond donors (Lipinski definition) is 2. The number of hydrogen-bond acceptors (Lipinski definition) is 3. The van der Waals surface area contributed by atoms with E-state index in [0.29, 0.717) is 6.04 Å². The molecule has 0 bridgehead atoms. The van der Waals surface area contributed by atoms with Crippen LogP contribution in [0.2, 0.25) is 0 Å². The van der Waals surface area contributed by atoms with Crippen LogP contribution in [0.5, 0.6) is 0 Å². The number of thioether (sulfide) groups is 1. The summed E-state index contributed by atoms with van der Waals surface area (Å²) in [7, 11) is 0. The van der Waals surface area contributed by atoms with Gasteiger partial charge in [-0.3, -0.25) is 11.3 Å². The first kappa shape index (κ1) is 8.85. The van der Waals surface area contributed by atoms with Gasteiger partial charge in [-0.15, -0.1) is 0 Å². The Kier molecular flexibility index (Phi) is 2.94. The molecule has 0 amide bonds. The minimum absolute atomic E-state index is 0.604. The van der Waals surface area contributed by atoms with Crippen LogP contribution in [0.15, 0.2) is 0 Å². The fraction of sp³-hybridized carbons (Fsp3) is 1.00. The Morgan fingerprint density at radius 3 is 2.75 bits per heavy atom. The van der Waals surface area contributed by atoms with Gasteiger partial charge in [0.25, 0.3) is 0 Å². The summed E-state index contributed by atoms with van der Waals surface area (Å²) in [4.78, 5) is 0. The molecule has 1 saturated carbocycles. The third-order valence-corrected chi connectivity index (χ3v) is 4.22. The van der Waals surface area contributed by atoms with E-state index in [1.54, 1.807) is 0 Å². The van der Waals surface area contributed by atoms with E-state index in [2.05, 4.69) is 17.2 Å². The predicted octanol–water partition coefficient (Wildman–Crippen LogP) is 1.37. The van der Waals surface area contributed by atoms with Crippen LogP contribution in [0.1, 0.15) is 25.7 Å². The van der Waals surface area contributed by atoms with Crippen LogP contribution in [0.25, 0.3) is 0 Å². The minimum Gasteiger partial charge on any atom is -0.271 e. The lowest BCUT2D eigenvalue weighted by Crippen LogP contribution is -2.41. The van der Waals surface area contributed by atoms with Gasteiger partial charge in [-0.2, -0.15) is 11.8 Å². The van der Waals surface area contributed by atoms with E-state index in [4.69, 9.17) is 5.84 Å². The molecule has 2 rings (SSSR count). The predicted molar refractivity (Wildman–Crippen MR) is 53.9 cm³/mol. The lowest BCUT2D eigenvalue weighted by molar-refractivity contribution is 0.353. The highest BCUT2D eigenvalue weighted by atomic mass is 32.2. The molecule has 2 unspecified atom stereocenters. The standard InChI is InChI=1S/C9H18N2S/c10-11-9(5-7-1-2-7)8-3-4-12-6-8/h7-9,11H,1-6,10H2. The molecule has 2 atom stereocenters. The second-order valence-electron chi connectivity index (χ2n) is 4.08. The van der Waals surface area contributed by atoms with Crippen LogP contribution in [0.4, 0.5) is 0 Å². The zero-order chi connectivity index (χ0) is 8.39. The quantitative estimate of drug-likeness (QED) is 0.514. The molecule has 1 saturated heterocycles. The van der Waals surface area contributed by atoms with Crippen molar-refractivity contribution in [2.24, 2.45) is 17.7 Å². The molecule has 70 valence electrons. The van der Waals surface area contributed by atoms with Crippen molar-refractivity contribution in [3.63, 3.8) is 0 Å². The summed E-state index contributed by atoms with van der Waals surface area (Å²) in [6, 6.07) is 0.604. The Morgan fingerprint density at radius 2 is 2.25 bits per heavy atom. The van der Waals surface area contributed by atoms with E-state index in [0.717, 1.165) is 11.8 Å². The molecule has 1 aliphatic carbocycles. The van der Waals surface area contributed by atoms with Gasteiger partial charge in [0, 0.05) is 6.04 Å². The smallest absolute Gasteiger partial charge is 0.0249 e. The minimum atomic E-state index is 0.604. The second kappa shape index (κ2) is 3.99. The largest absolute Gasteiger partial charge is 0.271 e. The first-order chi connectivity index (χ1) is 5.90. The molecule has 3 N–H and O–H groups in total. The van der Waals surface area contributed by atoms with Gasteiger partial charge >= 0.3 is 0 Å². The highest BCUT2D eigenvalue weighted by Gasteiger charge is 2.30. The maximum atomic E-state index is 5.57. The molecule has 2 aliphatic rings. The molecule has 0 aromatic carbocycles. The van der Waals surface area contributed by atoms with E-state index in [1.807, 2.05) is 0 Å². The van der Waals surface area contributed by atoms with E-state index in [9.17, 15) is 0 Å². The van der Waals surface area contributed by atoms with E-state index < -0.39 is 0 Å². The molecule has 0 aromatic heterocycles. The van der Waals surface area contributed by atoms with Crippen molar-refractivity contribution >= 4 is 11.8 Å². The highest BCUT2D eigenvalue weighted by molar-refractivity contribution is 7.99. The Labute approximate surface area is 78.6 Å². The SMILES string of the molecule is NNC(CC1CC1)C1CCSC1. The summed E-state index contributed by atoms with van der Waals surface area (Å²) >= 11 is 2.08. The highest BCUT2D eigenvalue weighted by Crippen LogP contribution is 2.37. The number of rotatable bonds is 4. The second-order valence-corrected chi connectivity index (χ2v) is 5.23. The van der Waals surface area contributed by atoms with Crippen LogP contribution >= 0.6 is 11.8 Å². The topological polar surface area (TPSA) is 38.0 Å². The van der Waals surface area contributed by atoms with Crippen molar-refractivity contribution in [1.29, 1.82) is 0 Å². The average Bonchev–Trinajstić information content (AvgIpc) is 2.74. The Morgan fingerprint density at radius 1 is 1.42 bits per heavy atom. The molecular weight excluding hydrogens is 168 g/mol. The van der Waals surface area contributed by atoms with Crippen molar-refractivity contribution in [3.05, 3.63) is 0 Å². The van der Waals surface area contributed by atoms with E-state index >= 15 is 0 Å². The number of nitrogens with two attached hydrogens (primary N) is 1. The van der Waals surface area contributed by atoms with Gasteiger partial charge in [0.2, 0.25) is 0 Å². The third-order valence-electron chi connectivity index (χ3n) is 3.03. The molecule has 12 heavy (non-hydrogen) atoms. The fourth-order valence-electron chi connectivity index (χ4n) is 1.98. The normalized spacial score (nSPS) is 32.2. The van der Waals surface area contributed by atoms with Crippen LogP contribution in [0.3, 0.4) is 0 Å². The molecule has 0 aromatic rings. The molecule has 2 fully saturated rings. The molecule has 0 spiro atoms. The van der Waals surface area contributed by atoms with Crippen molar-refractivity contribution < 1.29 is 0 Å². The molecule has 3 heteroatoms. The molecule has 1 heterocycles. The van der Waals surface area contributed by atoms with Gasteiger partial charge in [-0.25, -0.2) is 0 Å². The Bertz CT molecular complexity index is 141.